The zero-order valence-electron chi connectivity index (χ0n) is 9.94. The summed E-state index contributed by atoms with van der Waals surface area (Å²) in [5.41, 5.74) is 7.96. The summed E-state index contributed by atoms with van der Waals surface area (Å²) in [4.78, 5) is 4.13. The molecule has 0 unspecified atom stereocenters. The first-order valence-corrected chi connectivity index (χ1v) is 5.80. The molecular formula is C14H15FN2O. The zero-order valence-corrected chi connectivity index (χ0v) is 9.94. The van der Waals surface area contributed by atoms with Gasteiger partial charge in [-0.05, 0) is 36.6 Å². The van der Waals surface area contributed by atoms with Crippen LogP contribution in [0.5, 0.6) is 5.75 Å². The SMILES string of the molecule is NCc1cc(CCc2cccc(F)c2)ncc1O. The lowest BCUT2D eigenvalue weighted by molar-refractivity contribution is 0.465. The number of aromatic hydroxyl groups is 1. The molecule has 1 aromatic carbocycles. The van der Waals surface area contributed by atoms with Crippen LogP contribution in [-0.4, -0.2) is 10.1 Å². The largest absolute Gasteiger partial charge is 0.506 e. The van der Waals surface area contributed by atoms with Crippen molar-refractivity contribution in [3.05, 3.63) is 59.2 Å². The van der Waals surface area contributed by atoms with Crippen molar-refractivity contribution in [3.8, 4) is 5.75 Å². The summed E-state index contributed by atoms with van der Waals surface area (Å²) >= 11 is 0. The summed E-state index contributed by atoms with van der Waals surface area (Å²) in [5, 5.41) is 9.46. The van der Waals surface area contributed by atoms with E-state index in [4.69, 9.17) is 5.73 Å². The second-order valence-electron chi connectivity index (χ2n) is 4.14. The van der Waals surface area contributed by atoms with Crippen molar-refractivity contribution in [1.82, 2.24) is 4.98 Å². The fraction of sp³-hybridized carbons (Fsp3) is 0.214. The molecule has 94 valence electrons. The van der Waals surface area contributed by atoms with E-state index in [2.05, 4.69) is 4.98 Å². The van der Waals surface area contributed by atoms with Gasteiger partial charge in [-0.3, -0.25) is 4.98 Å². The predicted octanol–water partition coefficient (Wildman–Crippen LogP) is 2.17. The minimum absolute atomic E-state index is 0.118. The van der Waals surface area contributed by atoms with Gasteiger partial charge in [0.15, 0.2) is 0 Å². The molecule has 1 heterocycles. The highest BCUT2D eigenvalue weighted by atomic mass is 19.1. The molecule has 4 heteroatoms. The van der Waals surface area contributed by atoms with Crippen molar-refractivity contribution < 1.29 is 9.50 Å². The zero-order chi connectivity index (χ0) is 13.0. The van der Waals surface area contributed by atoms with E-state index in [0.717, 1.165) is 11.3 Å². The third-order valence-corrected chi connectivity index (χ3v) is 2.80. The van der Waals surface area contributed by atoms with E-state index in [-0.39, 0.29) is 18.1 Å². The van der Waals surface area contributed by atoms with E-state index < -0.39 is 0 Å². The van der Waals surface area contributed by atoms with Crippen LogP contribution in [0, 0.1) is 5.82 Å². The van der Waals surface area contributed by atoms with Crippen LogP contribution in [0.25, 0.3) is 0 Å². The van der Waals surface area contributed by atoms with Crippen LogP contribution in [-0.2, 0) is 19.4 Å². The van der Waals surface area contributed by atoms with Crippen LogP contribution in [0.3, 0.4) is 0 Å². The van der Waals surface area contributed by atoms with Gasteiger partial charge >= 0.3 is 0 Å². The third kappa shape index (κ3) is 3.05. The van der Waals surface area contributed by atoms with E-state index in [0.29, 0.717) is 18.4 Å². The van der Waals surface area contributed by atoms with Crippen LogP contribution in [0.1, 0.15) is 16.8 Å². The number of aromatic nitrogens is 1. The van der Waals surface area contributed by atoms with Gasteiger partial charge in [0.1, 0.15) is 11.6 Å². The Kier molecular flexibility index (Phi) is 3.89. The quantitative estimate of drug-likeness (QED) is 0.869. The summed E-state index contributed by atoms with van der Waals surface area (Å²) in [5.74, 6) is -0.110. The molecule has 0 amide bonds. The van der Waals surface area contributed by atoms with Crippen LogP contribution >= 0.6 is 0 Å². The number of benzene rings is 1. The molecule has 2 rings (SSSR count). The second-order valence-corrected chi connectivity index (χ2v) is 4.14. The highest BCUT2D eigenvalue weighted by Crippen LogP contribution is 2.16. The van der Waals surface area contributed by atoms with Crippen LogP contribution in [0.2, 0.25) is 0 Å². The normalized spacial score (nSPS) is 10.6. The summed E-state index contributed by atoms with van der Waals surface area (Å²) in [6.45, 7) is 0.279. The number of halogens is 1. The average molecular weight is 246 g/mol. The van der Waals surface area contributed by atoms with E-state index in [1.807, 2.05) is 6.07 Å². The van der Waals surface area contributed by atoms with Gasteiger partial charge in [-0.15, -0.1) is 0 Å². The van der Waals surface area contributed by atoms with Crippen molar-refractivity contribution in [1.29, 1.82) is 0 Å². The summed E-state index contributed by atoms with van der Waals surface area (Å²) in [6.07, 6.45) is 2.80. The van der Waals surface area contributed by atoms with E-state index in [1.165, 1.54) is 18.3 Å². The van der Waals surface area contributed by atoms with Crippen molar-refractivity contribution >= 4 is 0 Å². The highest BCUT2D eigenvalue weighted by molar-refractivity contribution is 5.31. The number of hydrogen-bond donors (Lipinski definition) is 2. The monoisotopic (exact) mass is 246 g/mol. The maximum atomic E-state index is 13.0. The minimum Gasteiger partial charge on any atom is -0.506 e. The molecular weight excluding hydrogens is 231 g/mol. The fourth-order valence-corrected chi connectivity index (χ4v) is 1.80. The molecule has 18 heavy (non-hydrogen) atoms. The van der Waals surface area contributed by atoms with Gasteiger partial charge in [-0.25, -0.2) is 4.39 Å². The molecule has 0 aliphatic carbocycles. The van der Waals surface area contributed by atoms with Crippen molar-refractivity contribution in [2.45, 2.75) is 19.4 Å². The standard InChI is InChI=1S/C14H15FN2O/c15-12-3-1-2-10(6-12)4-5-13-7-11(8-16)14(18)9-17-13/h1-3,6-7,9,18H,4-5,8,16H2. The first-order valence-electron chi connectivity index (χ1n) is 5.80. The van der Waals surface area contributed by atoms with E-state index in [9.17, 15) is 9.50 Å². The number of rotatable bonds is 4. The number of nitrogens with zero attached hydrogens (tertiary/aromatic N) is 1. The van der Waals surface area contributed by atoms with Gasteiger partial charge in [0.05, 0.1) is 6.20 Å². The van der Waals surface area contributed by atoms with Gasteiger partial charge in [0.25, 0.3) is 0 Å². The third-order valence-electron chi connectivity index (χ3n) is 2.80. The minimum atomic E-state index is -0.228. The molecule has 0 aliphatic heterocycles. The number of hydrogen-bond acceptors (Lipinski definition) is 3. The van der Waals surface area contributed by atoms with Crippen molar-refractivity contribution in [2.24, 2.45) is 5.73 Å². The first kappa shape index (κ1) is 12.5. The first-order chi connectivity index (χ1) is 8.69. The average Bonchev–Trinajstić information content (AvgIpc) is 2.38. The van der Waals surface area contributed by atoms with Gasteiger partial charge in [0, 0.05) is 17.8 Å². The molecule has 3 N–H and O–H groups in total. The molecule has 0 aliphatic rings. The summed E-state index contributed by atoms with van der Waals surface area (Å²) in [7, 11) is 0. The molecule has 0 saturated carbocycles. The van der Waals surface area contributed by atoms with Crippen molar-refractivity contribution in [3.63, 3.8) is 0 Å². The Morgan fingerprint density at radius 1 is 1.22 bits per heavy atom. The van der Waals surface area contributed by atoms with Gasteiger partial charge < -0.3 is 10.8 Å². The fourth-order valence-electron chi connectivity index (χ4n) is 1.80. The van der Waals surface area contributed by atoms with Gasteiger partial charge in [-0.1, -0.05) is 12.1 Å². The lowest BCUT2D eigenvalue weighted by atomic mass is 10.1. The van der Waals surface area contributed by atoms with Crippen LogP contribution in [0.15, 0.2) is 36.5 Å². The molecule has 0 spiro atoms. The molecule has 0 fully saturated rings. The van der Waals surface area contributed by atoms with E-state index >= 15 is 0 Å². The topological polar surface area (TPSA) is 59.1 Å². The summed E-state index contributed by atoms with van der Waals surface area (Å²) < 4.78 is 13.0. The maximum absolute atomic E-state index is 13.0. The molecule has 2 aromatic rings. The van der Waals surface area contributed by atoms with Gasteiger partial charge in [-0.2, -0.15) is 0 Å². The van der Waals surface area contributed by atoms with Gasteiger partial charge in [0.2, 0.25) is 0 Å². The smallest absolute Gasteiger partial charge is 0.138 e. The predicted molar refractivity (Wildman–Crippen MR) is 67.6 cm³/mol. The lowest BCUT2D eigenvalue weighted by Gasteiger charge is -2.05. The van der Waals surface area contributed by atoms with Crippen LogP contribution < -0.4 is 5.73 Å². The Labute approximate surface area is 105 Å². The molecule has 1 aromatic heterocycles. The highest BCUT2D eigenvalue weighted by Gasteiger charge is 2.03. The molecule has 0 saturated heterocycles. The Bertz CT molecular complexity index is 543. The Balaban J connectivity index is 2.06. The molecule has 0 radical (unpaired) electrons. The molecule has 0 atom stereocenters. The maximum Gasteiger partial charge on any atom is 0.138 e. The van der Waals surface area contributed by atoms with Crippen molar-refractivity contribution in [2.75, 3.05) is 0 Å². The van der Waals surface area contributed by atoms with E-state index in [1.54, 1.807) is 12.1 Å². The summed E-state index contributed by atoms with van der Waals surface area (Å²) in [6, 6.07) is 8.31. The van der Waals surface area contributed by atoms with Crippen LogP contribution in [0.4, 0.5) is 4.39 Å². The Morgan fingerprint density at radius 3 is 2.78 bits per heavy atom. The number of pyridine rings is 1. The molecule has 0 bridgehead atoms. The Morgan fingerprint density at radius 2 is 2.06 bits per heavy atom. The number of aryl methyl sites for hydroxylation is 2. The number of nitrogens with two attached hydrogens (primary N) is 1. The molecule has 3 nitrogen and oxygen atoms in total. The Hall–Kier alpha value is -1.94. The second kappa shape index (κ2) is 5.60. The lowest BCUT2D eigenvalue weighted by Crippen LogP contribution is -2.01.